The van der Waals surface area contributed by atoms with Crippen LogP contribution >= 0.6 is 0 Å². The zero-order valence-corrected chi connectivity index (χ0v) is 5.00. The molecule has 0 N–H and O–H groups in total. The molecule has 0 aliphatic rings. The number of azo groups is 1. The fourth-order valence-electron chi connectivity index (χ4n) is 0.235. The van der Waals surface area contributed by atoms with Crippen LogP contribution in [0.5, 0.6) is 0 Å². The summed E-state index contributed by atoms with van der Waals surface area (Å²) in [4.78, 5) is 0. The fourth-order valence-corrected chi connectivity index (χ4v) is 0.235. The summed E-state index contributed by atoms with van der Waals surface area (Å²) < 4.78 is 4.84. The average Bonchev–Trinajstić information content (AvgIpc) is 1.81. The summed E-state index contributed by atoms with van der Waals surface area (Å²) in [6, 6.07) is 0. The normalized spacial score (nSPS) is 10.1. The Morgan fingerprint density at radius 1 is 1.75 bits per heavy atom. The summed E-state index contributed by atoms with van der Waals surface area (Å²) in [6.45, 7) is 4.34. The molecule has 0 atom stereocenters. The van der Waals surface area contributed by atoms with Crippen LogP contribution in [0.2, 0.25) is 0 Å². The Labute approximate surface area is 49.1 Å². The van der Waals surface area contributed by atoms with Crippen LogP contribution in [0.3, 0.4) is 0 Å². The van der Waals surface area contributed by atoms with Crippen LogP contribution in [0.1, 0.15) is 0 Å². The minimum atomic E-state index is 0.336. The fraction of sp³-hybridized carbons (Fsp3) is 0.600. The lowest BCUT2D eigenvalue weighted by Crippen LogP contribution is -1.88. The molecule has 0 aliphatic heterocycles. The van der Waals surface area contributed by atoms with Crippen molar-refractivity contribution in [3.8, 4) is 0 Å². The zero-order valence-electron chi connectivity index (χ0n) is 5.00. The van der Waals surface area contributed by atoms with E-state index in [-0.39, 0.29) is 0 Å². The Morgan fingerprint density at radius 2 is 2.50 bits per heavy atom. The predicted octanol–water partition coefficient (Wildman–Crippen LogP) is 1.23. The molecule has 0 bridgehead atoms. The van der Waals surface area contributed by atoms with Gasteiger partial charge >= 0.3 is 0 Å². The summed E-state index contributed by atoms with van der Waals surface area (Å²) in [7, 11) is 1.61. The van der Waals surface area contributed by atoms with Crippen molar-refractivity contribution < 1.29 is 4.74 Å². The number of ether oxygens (including phenoxy) is 1. The second-order valence-corrected chi connectivity index (χ2v) is 1.13. The molecule has 0 saturated heterocycles. The first-order valence-corrected chi connectivity index (χ1v) is 2.36. The smallest absolute Gasteiger partial charge is 0.158 e. The van der Waals surface area contributed by atoms with Gasteiger partial charge in [0.25, 0.3) is 0 Å². The predicted molar refractivity (Wildman–Crippen MR) is 31.8 cm³/mol. The second kappa shape index (κ2) is 6.30. The first-order chi connectivity index (χ1) is 3.91. The van der Waals surface area contributed by atoms with Gasteiger partial charge in [0, 0.05) is 7.05 Å². The first-order valence-electron chi connectivity index (χ1n) is 2.36. The molecule has 0 amide bonds. The Hall–Kier alpha value is -0.700. The molecule has 0 heterocycles. The molecule has 0 saturated carbocycles. The summed E-state index contributed by atoms with van der Waals surface area (Å²) >= 11 is 0. The van der Waals surface area contributed by atoms with Crippen LogP contribution in [0, 0.1) is 0 Å². The van der Waals surface area contributed by atoms with Crippen molar-refractivity contribution in [2.45, 2.75) is 0 Å². The largest absolute Gasteiger partial charge is 0.353 e. The van der Waals surface area contributed by atoms with Gasteiger partial charge in [-0.25, -0.2) is 0 Å². The van der Waals surface area contributed by atoms with Gasteiger partial charge in [0.15, 0.2) is 6.73 Å². The molecular weight excluding hydrogens is 104 g/mol. The van der Waals surface area contributed by atoms with Crippen molar-refractivity contribution in [2.75, 3.05) is 20.4 Å². The molecule has 0 spiro atoms. The Morgan fingerprint density at radius 3 is 3.00 bits per heavy atom. The molecule has 0 unspecified atom stereocenters. The zero-order chi connectivity index (χ0) is 6.24. The first kappa shape index (κ1) is 7.30. The average molecular weight is 114 g/mol. The van der Waals surface area contributed by atoms with E-state index in [4.69, 9.17) is 4.74 Å². The molecule has 0 aliphatic carbocycles. The van der Waals surface area contributed by atoms with Gasteiger partial charge in [0.1, 0.15) is 0 Å². The molecular formula is C5H10N2O. The van der Waals surface area contributed by atoms with Gasteiger partial charge < -0.3 is 4.74 Å². The van der Waals surface area contributed by atoms with Gasteiger partial charge in [-0.05, 0) is 0 Å². The summed E-state index contributed by atoms with van der Waals surface area (Å²) in [5, 5.41) is 7.04. The topological polar surface area (TPSA) is 34.0 Å². The Kier molecular flexibility index (Phi) is 5.75. The third-order valence-electron chi connectivity index (χ3n) is 0.526. The molecule has 0 aromatic carbocycles. The van der Waals surface area contributed by atoms with E-state index in [1.807, 2.05) is 0 Å². The maximum atomic E-state index is 4.84. The van der Waals surface area contributed by atoms with Crippen molar-refractivity contribution in [2.24, 2.45) is 10.2 Å². The molecule has 8 heavy (non-hydrogen) atoms. The standard InChI is InChI=1S/C5H10N2O/c1-3-4-8-5-7-6-2/h3H,1,4-5H2,2H3. The van der Waals surface area contributed by atoms with Crippen LogP contribution in [-0.2, 0) is 4.74 Å². The minimum absolute atomic E-state index is 0.336. The van der Waals surface area contributed by atoms with E-state index in [1.165, 1.54) is 0 Å². The molecule has 0 fully saturated rings. The highest BCUT2D eigenvalue weighted by atomic mass is 16.5. The highest BCUT2D eigenvalue weighted by Gasteiger charge is 1.73. The number of hydrogen-bond donors (Lipinski definition) is 0. The van der Waals surface area contributed by atoms with Gasteiger partial charge in [-0.15, -0.1) is 6.58 Å². The molecule has 0 aromatic heterocycles. The van der Waals surface area contributed by atoms with E-state index in [0.717, 1.165) is 0 Å². The van der Waals surface area contributed by atoms with Crippen molar-refractivity contribution in [3.05, 3.63) is 12.7 Å². The molecule has 0 aromatic rings. The Balaban J connectivity index is 2.82. The quantitative estimate of drug-likeness (QED) is 0.307. The van der Waals surface area contributed by atoms with Crippen molar-refractivity contribution in [1.82, 2.24) is 0 Å². The van der Waals surface area contributed by atoms with E-state index >= 15 is 0 Å². The lowest BCUT2D eigenvalue weighted by molar-refractivity contribution is 0.166. The molecule has 46 valence electrons. The maximum Gasteiger partial charge on any atom is 0.158 e. The monoisotopic (exact) mass is 114 g/mol. The van der Waals surface area contributed by atoms with Crippen molar-refractivity contribution >= 4 is 0 Å². The van der Waals surface area contributed by atoms with Gasteiger partial charge in [-0.1, -0.05) is 6.08 Å². The van der Waals surface area contributed by atoms with E-state index in [1.54, 1.807) is 13.1 Å². The lowest BCUT2D eigenvalue weighted by atomic mass is 10.7. The van der Waals surface area contributed by atoms with Gasteiger partial charge in [0.05, 0.1) is 6.61 Å². The Bertz CT molecular complexity index is 80.5. The molecule has 0 rings (SSSR count). The van der Waals surface area contributed by atoms with Crippen LogP contribution in [-0.4, -0.2) is 20.4 Å². The third-order valence-corrected chi connectivity index (χ3v) is 0.526. The molecule has 0 radical (unpaired) electrons. The van der Waals surface area contributed by atoms with Crippen molar-refractivity contribution in [3.63, 3.8) is 0 Å². The van der Waals surface area contributed by atoms with E-state index in [0.29, 0.717) is 13.3 Å². The number of rotatable bonds is 4. The van der Waals surface area contributed by atoms with Crippen LogP contribution in [0.4, 0.5) is 0 Å². The number of nitrogens with zero attached hydrogens (tertiary/aromatic N) is 2. The molecule has 3 heteroatoms. The minimum Gasteiger partial charge on any atom is -0.353 e. The molecule has 3 nitrogen and oxygen atoms in total. The lowest BCUT2D eigenvalue weighted by Gasteiger charge is -1.89. The summed E-state index contributed by atoms with van der Waals surface area (Å²) in [5.41, 5.74) is 0. The van der Waals surface area contributed by atoms with E-state index in [9.17, 15) is 0 Å². The van der Waals surface area contributed by atoms with Gasteiger partial charge in [-0.3, -0.25) is 0 Å². The highest BCUT2D eigenvalue weighted by Crippen LogP contribution is 1.75. The summed E-state index contributed by atoms with van der Waals surface area (Å²) in [5.74, 6) is 0. The van der Waals surface area contributed by atoms with E-state index in [2.05, 4.69) is 16.8 Å². The maximum absolute atomic E-state index is 4.84. The van der Waals surface area contributed by atoms with E-state index < -0.39 is 0 Å². The van der Waals surface area contributed by atoms with Gasteiger partial charge in [0.2, 0.25) is 0 Å². The van der Waals surface area contributed by atoms with Crippen LogP contribution < -0.4 is 0 Å². The van der Waals surface area contributed by atoms with Crippen LogP contribution in [0.25, 0.3) is 0 Å². The SMILES string of the molecule is C=CCOCN=NC. The highest BCUT2D eigenvalue weighted by molar-refractivity contribution is 4.63. The van der Waals surface area contributed by atoms with Crippen molar-refractivity contribution in [1.29, 1.82) is 0 Å². The number of hydrogen-bond acceptors (Lipinski definition) is 3. The van der Waals surface area contributed by atoms with Crippen LogP contribution in [0.15, 0.2) is 22.9 Å². The summed E-state index contributed by atoms with van der Waals surface area (Å²) in [6.07, 6.45) is 1.67. The van der Waals surface area contributed by atoms with Gasteiger partial charge in [-0.2, -0.15) is 10.2 Å². The second-order valence-electron chi connectivity index (χ2n) is 1.13. The third kappa shape index (κ3) is 5.30.